The maximum absolute atomic E-state index is 12.3. The van der Waals surface area contributed by atoms with E-state index in [1.165, 1.54) is 24.1 Å². The molecule has 0 atom stereocenters. The lowest BCUT2D eigenvalue weighted by Crippen LogP contribution is -2.35. The molecular formula is C13H20N2O4S. The molecule has 1 amide bonds. The summed E-state index contributed by atoms with van der Waals surface area (Å²) in [6, 6.07) is 4.36. The highest BCUT2D eigenvalue weighted by atomic mass is 32.2. The Morgan fingerprint density at radius 3 is 2.40 bits per heavy atom. The Hall–Kier alpha value is -1.76. The van der Waals surface area contributed by atoms with Crippen LogP contribution in [-0.4, -0.2) is 45.2 Å². The van der Waals surface area contributed by atoms with Crippen molar-refractivity contribution in [1.82, 2.24) is 4.90 Å². The number of nitrogen functional groups attached to an aromatic ring is 1. The Bertz CT molecular complexity index is 580. The summed E-state index contributed by atoms with van der Waals surface area (Å²) in [4.78, 5) is 13.3. The minimum absolute atomic E-state index is 0.0719. The molecule has 0 aliphatic heterocycles. The molecule has 6 nitrogen and oxygen atoms in total. The van der Waals surface area contributed by atoms with Crippen LogP contribution in [0.2, 0.25) is 0 Å². The Morgan fingerprint density at radius 1 is 1.30 bits per heavy atom. The Labute approximate surface area is 119 Å². The first-order valence-electron chi connectivity index (χ1n) is 6.29. The molecule has 7 heteroatoms. The van der Waals surface area contributed by atoms with Crippen LogP contribution >= 0.6 is 0 Å². The van der Waals surface area contributed by atoms with Crippen molar-refractivity contribution in [2.24, 2.45) is 0 Å². The van der Waals surface area contributed by atoms with Gasteiger partial charge in [0.05, 0.1) is 17.7 Å². The predicted octanol–water partition coefficient (Wildman–Crippen LogP) is 0.919. The molecule has 20 heavy (non-hydrogen) atoms. The Balaban J connectivity index is 3.08. The number of hydrogen-bond acceptors (Lipinski definition) is 5. The van der Waals surface area contributed by atoms with Crippen LogP contribution in [0, 0.1) is 0 Å². The van der Waals surface area contributed by atoms with E-state index in [1.54, 1.807) is 19.9 Å². The summed E-state index contributed by atoms with van der Waals surface area (Å²) in [6.45, 7) is 4.54. The van der Waals surface area contributed by atoms with E-state index in [0.29, 0.717) is 18.8 Å². The number of amides is 1. The second kappa shape index (κ2) is 6.60. The zero-order valence-corrected chi connectivity index (χ0v) is 12.7. The summed E-state index contributed by atoms with van der Waals surface area (Å²) in [5.74, 6) is -0.642. The lowest BCUT2D eigenvalue weighted by Gasteiger charge is -2.18. The van der Waals surface area contributed by atoms with Gasteiger partial charge in [-0.2, -0.15) is 0 Å². The maximum atomic E-state index is 12.3. The van der Waals surface area contributed by atoms with E-state index in [9.17, 15) is 13.2 Å². The molecule has 0 unspecified atom stereocenters. The van der Waals surface area contributed by atoms with Gasteiger partial charge >= 0.3 is 0 Å². The molecule has 0 saturated heterocycles. The van der Waals surface area contributed by atoms with Gasteiger partial charge in [0.15, 0.2) is 9.84 Å². The zero-order chi connectivity index (χ0) is 15.3. The fourth-order valence-corrected chi connectivity index (χ4v) is 3.20. The molecule has 2 N–H and O–H groups in total. The lowest BCUT2D eigenvalue weighted by molar-refractivity contribution is -0.128. The first kappa shape index (κ1) is 16.3. The fourth-order valence-electron chi connectivity index (χ4n) is 1.82. The molecule has 0 aromatic heterocycles. The normalized spacial score (nSPS) is 11.2. The second-order valence-electron chi connectivity index (χ2n) is 4.23. The van der Waals surface area contributed by atoms with Crippen LogP contribution in [0.5, 0.6) is 5.75 Å². The summed E-state index contributed by atoms with van der Waals surface area (Å²) in [6.07, 6.45) is 0. The van der Waals surface area contributed by atoms with Crippen molar-refractivity contribution in [2.45, 2.75) is 18.7 Å². The molecule has 1 aromatic rings. The molecular weight excluding hydrogens is 280 g/mol. The van der Waals surface area contributed by atoms with Crippen molar-refractivity contribution in [3.8, 4) is 5.75 Å². The molecule has 112 valence electrons. The summed E-state index contributed by atoms with van der Waals surface area (Å²) in [5, 5.41) is 0. The lowest BCUT2D eigenvalue weighted by atomic mass is 10.3. The predicted molar refractivity (Wildman–Crippen MR) is 77.4 cm³/mol. The number of carbonyl (C=O) groups is 1. The van der Waals surface area contributed by atoms with E-state index in [0.717, 1.165) is 0 Å². The van der Waals surface area contributed by atoms with Gasteiger partial charge in [-0.1, -0.05) is 0 Å². The molecule has 0 heterocycles. The number of carbonyl (C=O) groups excluding carboxylic acids is 1. The van der Waals surface area contributed by atoms with E-state index in [-0.39, 0.29) is 10.6 Å². The van der Waals surface area contributed by atoms with Gasteiger partial charge in [0.1, 0.15) is 11.5 Å². The van der Waals surface area contributed by atoms with Gasteiger partial charge in [-0.3, -0.25) is 4.79 Å². The van der Waals surface area contributed by atoms with Crippen LogP contribution in [0.1, 0.15) is 13.8 Å². The van der Waals surface area contributed by atoms with Crippen LogP contribution in [0.3, 0.4) is 0 Å². The van der Waals surface area contributed by atoms with Crippen LogP contribution in [-0.2, 0) is 14.6 Å². The second-order valence-corrected chi connectivity index (χ2v) is 6.19. The highest BCUT2D eigenvalue weighted by Crippen LogP contribution is 2.25. The van der Waals surface area contributed by atoms with Crippen molar-refractivity contribution in [2.75, 3.05) is 31.7 Å². The molecule has 0 spiro atoms. The molecule has 0 aliphatic rings. The van der Waals surface area contributed by atoms with Gasteiger partial charge in [-0.15, -0.1) is 0 Å². The van der Waals surface area contributed by atoms with E-state index in [1.807, 2.05) is 0 Å². The number of methoxy groups -OCH3 is 1. The van der Waals surface area contributed by atoms with Gasteiger partial charge < -0.3 is 15.4 Å². The molecule has 1 aromatic carbocycles. The summed E-state index contributed by atoms with van der Waals surface area (Å²) in [7, 11) is -2.35. The zero-order valence-electron chi connectivity index (χ0n) is 11.9. The van der Waals surface area contributed by atoms with Crippen molar-refractivity contribution >= 4 is 21.4 Å². The van der Waals surface area contributed by atoms with Crippen LogP contribution < -0.4 is 10.5 Å². The van der Waals surface area contributed by atoms with Gasteiger partial charge in [0.2, 0.25) is 5.91 Å². The number of nitrogens with two attached hydrogens (primary N) is 1. The SMILES string of the molecule is CCN(CC)C(=O)CS(=O)(=O)c1cc(OC)ccc1N. The summed E-state index contributed by atoms with van der Waals surface area (Å²) in [5.41, 5.74) is 5.80. The number of rotatable bonds is 6. The topological polar surface area (TPSA) is 89.7 Å². The first-order valence-corrected chi connectivity index (χ1v) is 7.95. The van der Waals surface area contributed by atoms with Gasteiger partial charge in [0.25, 0.3) is 0 Å². The molecule has 0 fully saturated rings. The van der Waals surface area contributed by atoms with Crippen molar-refractivity contribution in [3.05, 3.63) is 18.2 Å². The first-order chi connectivity index (χ1) is 9.35. The summed E-state index contributed by atoms with van der Waals surface area (Å²) < 4.78 is 29.6. The minimum atomic E-state index is -3.78. The monoisotopic (exact) mass is 300 g/mol. The third kappa shape index (κ3) is 3.63. The van der Waals surface area contributed by atoms with Gasteiger partial charge in [-0.05, 0) is 26.0 Å². The quantitative estimate of drug-likeness (QED) is 0.789. The molecule has 0 bridgehead atoms. The van der Waals surface area contributed by atoms with E-state index in [2.05, 4.69) is 0 Å². The van der Waals surface area contributed by atoms with Gasteiger partial charge in [-0.25, -0.2) is 8.42 Å². The molecule has 0 radical (unpaired) electrons. The number of sulfone groups is 1. The highest BCUT2D eigenvalue weighted by molar-refractivity contribution is 7.92. The standard InChI is InChI=1S/C13H20N2O4S/c1-4-15(5-2)13(16)9-20(17,18)12-8-10(19-3)6-7-11(12)14/h6-8H,4-5,9,14H2,1-3H3. The summed E-state index contributed by atoms with van der Waals surface area (Å²) >= 11 is 0. The number of nitrogens with zero attached hydrogens (tertiary/aromatic N) is 1. The number of ether oxygens (including phenoxy) is 1. The third-order valence-corrected chi connectivity index (χ3v) is 4.64. The average molecular weight is 300 g/mol. The minimum Gasteiger partial charge on any atom is -0.497 e. The van der Waals surface area contributed by atoms with Crippen molar-refractivity contribution in [3.63, 3.8) is 0 Å². The Morgan fingerprint density at radius 2 is 1.90 bits per heavy atom. The van der Waals surface area contributed by atoms with Crippen LogP contribution in [0.15, 0.2) is 23.1 Å². The number of benzene rings is 1. The molecule has 1 rings (SSSR count). The third-order valence-electron chi connectivity index (χ3n) is 2.99. The molecule has 0 saturated carbocycles. The largest absolute Gasteiger partial charge is 0.497 e. The van der Waals surface area contributed by atoms with E-state index in [4.69, 9.17) is 10.5 Å². The molecule has 0 aliphatic carbocycles. The van der Waals surface area contributed by atoms with Crippen molar-refractivity contribution in [1.29, 1.82) is 0 Å². The fraction of sp³-hybridized carbons (Fsp3) is 0.462. The van der Waals surface area contributed by atoms with E-state index < -0.39 is 21.5 Å². The highest BCUT2D eigenvalue weighted by Gasteiger charge is 2.24. The van der Waals surface area contributed by atoms with Gasteiger partial charge in [0, 0.05) is 19.2 Å². The van der Waals surface area contributed by atoms with Crippen LogP contribution in [0.25, 0.3) is 0 Å². The number of hydrogen-bond donors (Lipinski definition) is 1. The van der Waals surface area contributed by atoms with Crippen molar-refractivity contribution < 1.29 is 17.9 Å². The average Bonchev–Trinajstić information content (AvgIpc) is 2.39. The van der Waals surface area contributed by atoms with E-state index >= 15 is 0 Å². The van der Waals surface area contributed by atoms with Crippen LogP contribution in [0.4, 0.5) is 5.69 Å². The maximum Gasteiger partial charge on any atom is 0.238 e. The smallest absolute Gasteiger partial charge is 0.238 e. The Kier molecular flexibility index (Phi) is 5.38. The number of anilines is 1.